The van der Waals surface area contributed by atoms with Crippen molar-refractivity contribution in [3.05, 3.63) is 48.0 Å². The first-order valence-corrected chi connectivity index (χ1v) is 10.1. The minimum atomic E-state index is -0.307. The summed E-state index contributed by atoms with van der Waals surface area (Å²) in [6.07, 6.45) is 4.62. The number of amides is 1. The van der Waals surface area contributed by atoms with Gasteiger partial charge in [0.15, 0.2) is 5.11 Å². The van der Waals surface area contributed by atoms with Crippen molar-refractivity contribution < 1.29 is 19.0 Å². The molecule has 0 atom stereocenters. The van der Waals surface area contributed by atoms with E-state index in [2.05, 4.69) is 17.6 Å². The molecule has 0 unspecified atom stereocenters. The van der Waals surface area contributed by atoms with Crippen LogP contribution in [0.4, 0.5) is 5.69 Å². The first kappa shape index (κ1) is 22.5. The number of carbonyl (C=O) groups excluding carboxylic acids is 1. The Morgan fingerprint density at radius 1 is 0.966 bits per heavy atom. The second kappa shape index (κ2) is 11.9. The number of hydrogen-bond donors (Lipinski definition) is 2. The zero-order valence-corrected chi connectivity index (χ0v) is 17.9. The summed E-state index contributed by atoms with van der Waals surface area (Å²) in [4.78, 5) is 12.4. The van der Waals surface area contributed by atoms with Gasteiger partial charge in [-0.3, -0.25) is 10.1 Å². The van der Waals surface area contributed by atoms with Crippen LogP contribution < -0.4 is 24.8 Å². The van der Waals surface area contributed by atoms with Crippen LogP contribution in [-0.4, -0.2) is 31.8 Å². The van der Waals surface area contributed by atoms with Crippen LogP contribution in [0.2, 0.25) is 0 Å². The van der Waals surface area contributed by atoms with Gasteiger partial charge in [-0.15, -0.1) is 0 Å². The number of unbranched alkanes of at least 4 members (excludes halogenated alkanes) is 3. The Kier molecular flexibility index (Phi) is 9.24. The standard InChI is InChI=1S/C22H28N2O4S/c1-4-5-6-7-14-28-17-10-8-16(9-11-17)21(25)24-22(29)23-19-15-18(26-2)12-13-20(19)27-3/h8-13,15H,4-7,14H2,1-3H3,(H2,23,24,25,29). The first-order valence-electron chi connectivity index (χ1n) is 9.64. The van der Waals surface area contributed by atoms with Crippen LogP contribution in [0.3, 0.4) is 0 Å². The highest BCUT2D eigenvalue weighted by molar-refractivity contribution is 7.80. The van der Waals surface area contributed by atoms with Gasteiger partial charge < -0.3 is 19.5 Å². The van der Waals surface area contributed by atoms with Crippen LogP contribution in [-0.2, 0) is 0 Å². The lowest BCUT2D eigenvalue weighted by molar-refractivity contribution is 0.0977. The van der Waals surface area contributed by atoms with Crippen LogP contribution in [0.25, 0.3) is 0 Å². The minimum absolute atomic E-state index is 0.165. The van der Waals surface area contributed by atoms with Gasteiger partial charge in [-0.05, 0) is 55.0 Å². The van der Waals surface area contributed by atoms with E-state index in [-0.39, 0.29) is 11.0 Å². The average molecular weight is 417 g/mol. The number of benzene rings is 2. The lowest BCUT2D eigenvalue weighted by Gasteiger charge is -2.14. The van der Waals surface area contributed by atoms with E-state index in [0.717, 1.165) is 12.2 Å². The topological polar surface area (TPSA) is 68.8 Å². The fraction of sp³-hybridized carbons (Fsp3) is 0.364. The maximum Gasteiger partial charge on any atom is 0.257 e. The second-order valence-electron chi connectivity index (χ2n) is 6.41. The van der Waals surface area contributed by atoms with E-state index >= 15 is 0 Å². The maximum absolute atomic E-state index is 12.4. The predicted molar refractivity (Wildman–Crippen MR) is 119 cm³/mol. The summed E-state index contributed by atoms with van der Waals surface area (Å²) in [6, 6.07) is 12.3. The summed E-state index contributed by atoms with van der Waals surface area (Å²) < 4.78 is 16.2. The predicted octanol–water partition coefficient (Wildman–Crippen LogP) is 4.79. The molecule has 0 spiro atoms. The zero-order chi connectivity index (χ0) is 21.1. The highest BCUT2D eigenvalue weighted by Gasteiger charge is 2.11. The van der Waals surface area contributed by atoms with Gasteiger partial charge >= 0.3 is 0 Å². The molecule has 29 heavy (non-hydrogen) atoms. The molecule has 0 radical (unpaired) electrons. The lowest BCUT2D eigenvalue weighted by Crippen LogP contribution is -2.34. The smallest absolute Gasteiger partial charge is 0.257 e. The van der Waals surface area contributed by atoms with Gasteiger partial charge in [-0.2, -0.15) is 0 Å². The zero-order valence-electron chi connectivity index (χ0n) is 17.1. The molecule has 0 fully saturated rings. The summed E-state index contributed by atoms with van der Waals surface area (Å²) in [7, 11) is 3.13. The highest BCUT2D eigenvalue weighted by Crippen LogP contribution is 2.28. The molecule has 2 N–H and O–H groups in total. The summed E-state index contributed by atoms with van der Waals surface area (Å²) >= 11 is 5.25. The number of methoxy groups -OCH3 is 2. The molecule has 0 heterocycles. The Bertz CT molecular complexity index is 809. The van der Waals surface area contributed by atoms with Crippen molar-refractivity contribution in [1.82, 2.24) is 5.32 Å². The molecule has 2 rings (SSSR count). The van der Waals surface area contributed by atoms with E-state index in [4.69, 9.17) is 26.4 Å². The number of thiocarbonyl (C=S) groups is 1. The van der Waals surface area contributed by atoms with Gasteiger partial charge in [-0.1, -0.05) is 26.2 Å². The molecular weight excluding hydrogens is 388 g/mol. The number of carbonyl (C=O) groups is 1. The summed E-state index contributed by atoms with van der Waals surface area (Å²) in [5.74, 6) is 1.68. The number of ether oxygens (including phenoxy) is 3. The van der Waals surface area contributed by atoms with E-state index in [1.54, 1.807) is 56.7 Å². The molecule has 2 aromatic carbocycles. The van der Waals surface area contributed by atoms with E-state index in [1.807, 2.05) is 0 Å². The largest absolute Gasteiger partial charge is 0.497 e. The van der Waals surface area contributed by atoms with E-state index in [9.17, 15) is 4.79 Å². The van der Waals surface area contributed by atoms with Gasteiger partial charge in [0, 0.05) is 11.6 Å². The number of nitrogens with one attached hydrogen (secondary N) is 2. The Morgan fingerprint density at radius 2 is 1.69 bits per heavy atom. The van der Waals surface area contributed by atoms with Crippen LogP contribution in [0.5, 0.6) is 17.2 Å². The van der Waals surface area contributed by atoms with Gasteiger partial charge in [-0.25, -0.2) is 0 Å². The average Bonchev–Trinajstić information content (AvgIpc) is 2.73. The third-order valence-corrected chi connectivity index (χ3v) is 4.47. The van der Waals surface area contributed by atoms with Crippen molar-refractivity contribution in [2.24, 2.45) is 0 Å². The maximum atomic E-state index is 12.4. The van der Waals surface area contributed by atoms with Gasteiger partial charge in [0.25, 0.3) is 5.91 Å². The van der Waals surface area contributed by atoms with Crippen molar-refractivity contribution >= 4 is 28.9 Å². The minimum Gasteiger partial charge on any atom is -0.497 e. The fourth-order valence-corrected chi connectivity index (χ4v) is 2.86. The fourth-order valence-electron chi connectivity index (χ4n) is 2.66. The number of anilines is 1. The molecule has 1 amide bonds. The number of rotatable bonds is 10. The third-order valence-electron chi connectivity index (χ3n) is 4.27. The van der Waals surface area contributed by atoms with Crippen molar-refractivity contribution in [1.29, 1.82) is 0 Å². The Hall–Kier alpha value is -2.80. The Morgan fingerprint density at radius 3 is 2.34 bits per heavy atom. The molecule has 156 valence electrons. The molecule has 6 nitrogen and oxygen atoms in total. The summed E-state index contributed by atoms with van der Waals surface area (Å²) in [6.45, 7) is 2.86. The van der Waals surface area contributed by atoms with Crippen LogP contribution in [0.1, 0.15) is 43.0 Å². The van der Waals surface area contributed by atoms with Gasteiger partial charge in [0.05, 0.1) is 26.5 Å². The summed E-state index contributed by atoms with van der Waals surface area (Å²) in [5.41, 5.74) is 1.09. The molecule has 0 aliphatic carbocycles. The van der Waals surface area contributed by atoms with E-state index < -0.39 is 0 Å². The Labute approximate surface area is 177 Å². The second-order valence-corrected chi connectivity index (χ2v) is 6.82. The van der Waals surface area contributed by atoms with Crippen LogP contribution in [0, 0.1) is 0 Å². The van der Waals surface area contributed by atoms with Crippen molar-refractivity contribution in [2.45, 2.75) is 32.6 Å². The normalized spacial score (nSPS) is 10.2. The molecule has 7 heteroatoms. The molecule has 0 bridgehead atoms. The molecular formula is C22H28N2O4S. The molecule has 0 aliphatic rings. The molecule has 0 saturated carbocycles. The molecule has 0 saturated heterocycles. The van der Waals surface area contributed by atoms with Gasteiger partial charge in [0.1, 0.15) is 17.2 Å². The van der Waals surface area contributed by atoms with Crippen LogP contribution >= 0.6 is 12.2 Å². The molecule has 2 aromatic rings. The Balaban J connectivity index is 1.89. The van der Waals surface area contributed by atoms with Crippen molar-refractivity contribution in [3.8, 4) is 17.2 Å². The quantitative estimate of drug-likeness (QED) is 0.429. The number of hydrogen-bond acceptors (Lipinski definition) is 5. The third kappa shape index (κ3) is 7.27. The van der Waals surface area contributed by atoms with Crippen molar-refractivity contribution in [3.63, 3.8) is 0 Å². The monoisotopic (exact) mass is 416 g/mol. The van der Waals surface area contributed by atoms with Crippen molar-refractivity contribution in [2.75, 3.05) is 26.1 Å². The SMILES string of the molecule is CCCCCCOc1ccc(C(=O)NC(=S)Nc2cc(OC)ccc2OC)cc1. The van der Waals surface area contributed by atoms with E-state index in [0.29, 0.717) is 29.4 Å². The molecule has 0 aromatic heterocycles. The van der Waals surface area contributed by atoms with Crippen LogP contribution in [0.15, 0.2) is 42.5 Å². The summed E-state index contributed by atoms with van der Waals surface area (Å²) in [5, 5.41) is 5.79. The first-order chi connectivity index (χ1) is 14.1. The lowest BCUT2D eigenvalue weighted by atomic mass is 10.2. The molecule has 0 aliphatic heterocycles. The highest BCUT2D eigenvalue weighted by atomic mass is 32.1. The van der Waals surface area contributed by atoms with Gasteiger partial charge in [0.2, 0.25) is 0 Å². The van der Waals surface area contributed by atoms with E-state index in [1.165, 1.54) is 19.3 Å².